The minimum Gasteiger partial charge on any atom is -0.478 e. The Morgan fingerprint density at radius 3 is 2.15 bits per heavy atom. The first kappa shape index (κ1) is 22.1. The molecule has 2 amide bonds. The average molecular weight is 444 g/mol. The standard InChI is InChI=1S/C26H24N2O5/c1-15-13-17(25(30)31)11-12-23(15)28-24(29)16(2)27-26(32)33-14-22-20-9-5-3-7-18(20)19-8-4-6-10-21(19)22/h3-13,16,22H,14H2,1-2H3,(H,27,32)(H,28,29)(H,30,31). The fourth-order valence-electron chi connectivity index (χ4n) is 4.06. The number of alkyl carbamates (subject to hydrolysis) is 1. The van der Waals surface area contributed by atoms with Crippen molar-refractivity contribution in [3.05, 3.63) is 89.0 Å². The maximum absolute atomic E-state index is 12.5. The van der Waals surface area contributed by atoms with Crippen molar-refractivity contribution in [3.63, 3.8) is 0 Å². The van der Waals surface area contributed by atoms with Crippen molar-refractivity contribution in [2.24, 2.45) is 0 Å². The quantitative estimate of drug-likeness (QED) is 0.517. The van der Waals surface area contributed by atoms with Gasteiger partial charge in [0, 0.05) is 11.6 Å². The number of anilines is 1. The lowest BCUT2D eigenvalue weighted by Gasteiger charge is -2.17. The molecule has 1 aliphatic carbocycles. The summed E-state index contributed by atoms with van der Waals surface area (Å²) in [5.74, 6) is -1.54. The molecule has 0 radical (unpaired) electrons. The number of amides is 2. The van der Waals surface area contributed by atoms with E-state index in [9.17, 15) is 14.4 Å². The fraction of sp³-hybridized carbons (Fsp3) is 0.192. The van der Waals surface area contributed by atoms with Gasteiger partial charge in [0.15, 0.2) is 0 Å². The molecular formula is C26H24N2O5. The molecule has 1 atom stereocenters. The van der Waals surface area contributed by atoms with E-state index in [4.69, 9.17) is 9.84 Å². The van der Waals surface area contributed by atoms with E-state index in [2.05, 4.69) is 22.8 Å². The Morgan fingerprint density at radius 2 is 1.58 bits per heavy atom. The van der Waals surface area contributed by atoms with Gasteiger partial charge in [0.25, 0.3) is 0 Å². The van der Waals surface area contributed by atoms with Crippen LogP contribution in [0.25, 0.3) is 11.1 Å². The number of nitrogens with one attached hydrogen (secondary N) is 2. The van der Waals surface area contributed by atoms with E-state index in [1.54, 1.807) is 13.8 Å². The summed E-state index contributed by atoms with van der Waals surface area (Å²) in [5.41, 5.74) is 5.71. The largest absolute Gasteiger partial charge is 0.478 e. The van der Waals surface area contributed by atoms with Crippen LogP contribution < -0.4 is 10.6 Å². The van der Waals surface area contributed by atoms with Crippen LogP contribution in [0.15, 0.2) is 66.7 Å². The normalized spacial score (nSPS) is 12.9. The van der Waals surface area contributed by atoms with Gasteiger partial charge in [0.1, 0.15) is 12.6 Å². The van der Waals surface area contributed by atoms with Gasteiger partial charge in [-0.15, -0.1) is 0 Å². The van der Waals surface area contributed by atoms with E-state index in [1.807, 2.05) is 36.4 Å². The smallest absolute Gasteiger partial charge is 0.407 e. The molecule has 0 fully saturated rings. The molecule has 0 aliphatic heterocycles. The third kappa shape index (κ3) is 4.57. The van der Waals surface area contributed by atoms with Gasteiger partial charge >= 0.3 is 12.1 Å². The Kier molecular flexibility index (Phi) is 6.13. The molecule has 4 rings (SSSR count). The first-order valence-corrected chi connectivity index (χ1v) is 10.6. The lowest BCUT2D eigenvalue weighted by Crippen LogP contribution is -2.42. The van der Waals surface area contributed by atoms with Gasteiger partial charge in [0.05, 0.1) is 5.56 Å². The molecule has 0 spiro atoms. The van der Waals surface area contributed by atoms with E-state index in [0.29, 0.717) is 11.3 Å². The molecule has 7 heteroatoms. The van der Waals surface area contributed by atoms with Crippen LogP contribution in [0.3, 0.4) is 0 Å². The minimum absolute atomic E-state index is 0.0670. The summed E-state index contributed by atoms with van der Waals surface area (Å²) in [5, 5.41) is 14.3. The zero-order chi connectivity index (χ0) is 23.5. The number of aromatic carboxylic acids is 1. The lowest BCUT2D eigenvalue weighted by atomic mass is 9.98. The number of hydrogen-bond acceptors (Lipinski definition) is 4. The van der Waals surface area contributed by atoms with E-state index in [1.165, 1.54) is 18.2 Å². The number of benzene rings is 3. The summed E-state index contributed by atoms with van der Waals surface area (Å²) in [6.45, 7) is 3.41. The van der Waals surface area contributed by atoms with Crippen molar-refractivity contribution in [2.45, 2.75) is 25.8 Å². The second-order valence-electron chi connectivity index (χ2n) is 8.02. The number of carboxylic acids is 1. The van der Waals surface area contributed by atoms with Crippen LogP contribution in [-0.2, 0) is 9.53 Å². The summed E-state index contributed by atoms with van der Waals surface area (Å²) < 4.78 is 5.48. The van der Waals surface area contributed by atoms with E-state index >= 15 is 0 Å². The Hall–Kier alpha value is -4.13. The first-order valence-electron chi connectivity index (χ1n) is 10.6. The van der Waals surface area contributed by atoms with Crippen LogP contribution in [0.5, 0.6) is 0 Å². The molecule has 33 heavy (non-hydrogen) atoms. The number of rotatable bonds is 6. The molecule has 0 aromatic heterocycles. The van der Waals surface area contributed by atoms with Crippen molar-refractivity contribution in [1.82, 2.24) is 5.32 Å². The summed E-state index contributed by atoms with van der Waals surface area (Å²) >= 11 is 0. The summed E-state index contributed by atoms with van der Waals surface area (Å²) in [6.07, 6.45) is -0.683. The summed E-state index contributed by atoms with van der Waals surface area (Å²) in [7, 11) is 0. The van der Waals surface area contributed by atoms with Crippen LogP contribution in [-0.4, -0.2) is 35.7 Å². The molecule has 0 heterocycles. The zero-order valence-corrected chi connectivity index (χ0v) is 18.3. The number of aryl methyl sites for hydroxylation is 1. The van der Waals surface area contributed by atoms with Gasteiger partial charge < -0.3 is 20.5 Å². The third-order valence-electron chi connectivity index (χ3n) is 5.80. The van der Waals surface area contributed by atoms with Crippen molar-refractivity contribution in [2.75, 3.05) is 11.9 Å². The average Bonchev–Trinajstić information content (AvgIpc) is 3.12. The molecule has 0 bridgehead atoms. The van der Waals surface area contributed by atoms with Gasteiger partial charge in [-0.1, -0.05) is 48.5 Å². The molecule has 0 saturated heterocycles. The van der Waals surface area contributed by atoms with Gasteiger partial charge in [-0.05, 0) is 59.9 Å². The van der Waals surface area contributed by atoms with Crippen LogP contribution in [0, 0.1) is 6.92 Å². The van der Waals surface area contributed by atoms with Crippen LogP contribution in [0.2, 0.25) is 0 Å². The number of ether oxygens (including phenoxy) is 1. The Morgan fingerprint density at radius 1 is 0.970 bits per heavy atom. The highest BCUT2D eigenvalue weighted by Crippen LogP contribution is 2.44. The molecule has 3 aromatic carbocycles. The van der Waals surface area contributed by atoms with E-state index in [0.717, 1.165) is 22.3 Å². The number of carbonyl (C=O) groups is 3. The van der Waals surface area contributed by atoms with E-state index < -0.39 is 24.0 Å². The first-order chi connectivity index (χ1) is 15.8. The molecule has 168 valence electrons. The topological polar surface area (TPSA) is 105 Å². The van der Waals surface area contributed by atoms with Crippen molar-refractivity contribution in [1.29, 1.82) is 0 Å². The third-order valence-corrected chi connectivity index (χ3v) is 5.80. The highest BCUT2D eigenvalue weighted by Gasteiger charge is 2.29. The molecule has 0 saturated carbocycles. The Bertz CT molecular complexity index is 1190. The van der Waals surface area contributed by atoms with Crippen molar-refractivity contribution in [3.8, 4) is 11.1 Å². The minimum atomic E-state index is -1.04. The molecule has 3 N–H and O–H groups in total. The lowest BCUT2D eigenvalue weighted by molar-refractivity contribution is -0.117. The van der Waals surface area contributed by atoms with E-state index in [-0.39, 0.29) is 18.1 Å². The van der Waals surface area contributed by atoms with Gasteiger partial charge in [-0.25, -0.2) is 9.59 Å². The molecule has 1 aliphatic rings. The van der Waals surface area contributed by atoms with Gasteiger partial charge in [-0.3, -0.25) is 4.79 Å². The maximum atomic E-state index is 12.5. The number of carbonyl (C=O) groups excluding carboxylic acids is 2. The Labute approximate surface area is 191 Å². The molecule has 7 nitrogen and oxygen atoms in total. The number of fused-ring (bicyclic) bond motifs is 3. The van der Waals surface area contributed by atoms with Crippen molar-refractivity contribution >= 4 is 23.7 Å². The predicted octanol–water partition coefficient (Wildman–Crippen LogP) is 4.56. The van der Waals surface area contributed by atoms with Gasteiger partial charge in [-0.2, -0.15) is 0 Å². The highest BCUT2D eigenvalue weighted by atomic mass is 16.5. The van der Waals surface area contributed by atoms with Gasteiger partial charge in [0.2, 0.25) is 5.91 Å². The van der Waals surface area contributed by atoms with Crippen LogP contribution in [0.4, 0.5) is 10.5 Å². The number of carboxylic acid groups (broad SMARTS) is 1. The Balaban J connectivity index is 1.36. The monoisotopic (exact) mass is 444 g/mol. The highest BCUT2D eigenvalue weighted by molar-refractivity contribution is 5.97. The second-order valence-corrected chi connectivity index (χ2v) is 8.02. The maximum Gasteiger partial charge on any atom is 0.407 e. The second kappa shape index (κ2) is 9.16. The zero-order valence-electron chi connectivity index (χ0n) is 18.3. The van der Waals surface area contributed by atoms with Crippen LogP contribution >= 0.6 is 0 Å². The fourth-order valence-corrected chi connectivity index (χ4v) is 4.06. The van der Waals surface area contributed by atoms with Crippen LogP contribution in [0.1, 0.15) is 39.9 Å². The summed E-state index contributed by atoms with van der Waals surface area (Å²) in [6, 6.07) is 19.7. The molecular weight excluding hydrogens is 420 g/mol. The SMILES string of the molecule is Cc1cc(C(=O)O)ccc1NC(=O)C(C)NC(=O)OCC1c2ccccc2-c2ccccc21. The summed E-state index contributed by atoms with van der Waals surface area (Å²) in [4.78, 5) is 36.0. The number of hydrogen-bond donors (Lipinski definition) is 3. The predicted molar refractivity (Wildman–Crippen MR) is 124 cm³/mol. The molecule has 3 aromatic rings. The van der Waals surface area contributed by atoms with Crippen molar-refractivity contribution < 1.29 is 24.2 Å². The molecule has 1 unspecified atom stereocenters.